The largest absolute Gasteiger partial charge is 0.368 e. The molecule has 0 saturated carbocycles. The molecule has 0 bridgehead atoms. The lowest BCUT2D eigenvalue weighted by Gasteiger charge is -2.18. The summed E-state index contributed by atoms with van der Waals surface area (Å²) in [6.45, 7) is 1.59. The van der Waals surface area contributed by atoms with Gasteiger partial charge in [0.25, 0.3) is 5.89 Å². The Hall–Kier alpha value is -2.36. The molecular weight excluding hydrogens is 353 g/mol. The molecule has 1 aromatic heterocycles. The maximum absolute atomic E-state index is 13.5. The first-order valence-electron chi connectivity index (χ1n) is 9.16. The first kappa shape index (κ1) is 18.0. The molecular formula is C18H22FN5O3. The van der Waals surface area contributed by atoms with Gasteiger partial charge in [0.15, 0.2) is 5.82 Å². The van der Waals surface area contributed by atoms with E-state index in [9.17, 15) is 9.18 Å². The number of carbonyl (C=O) groups is 1. The number of hydrazine groups is 1. The molecule has 1 amide bonds. The minimum atomic E-state index is -0.334. The van der Waals surface area contributed by atoms with Crippen molar-refractivity contribution < 1.29 is 18.4 Å². The molecule has 27 heavy (non-hydrogen) atoms. The van der Waals surface area contributed by atoms with Crippen LogP contribution in [-0.2, 0) is 16.0 Å². The van der Waals surface area contributed by atoms with Crippen LogP contribution in [0.25, 0.3) is 0 Å². The van der Waals surface area contributed by atoms with E-state index in [-0.39, 0.29) is 29.8 Å². The van der Waals surface area contributed by atoms with Gasteiger partial charge in [0.1, 0.15) is 11.9 Å². The second-order valence-corrected chi connectivity index (χ2v) is 6.76. The molecule has 1 aromatic carbocycles. The van der Waals surface area contributed by atoms with Crippen molar-refractivity contribution in [3.8, 4) is 0 Å². The van der Waals surface area contributed by atoms with Crippen LogP contribution >= 0.6 is 0 Å². The maximum atomic E-state index is 13.5. The van der Waals surface area contributed by atoms with Gasteiger partial charge in [0, 0.05) is 26.1 Å². The van der Waals surface area contributed by atoms with Crippen LogP contribution in [0.3, 0.4) is 0 Å². The molecule has 3 N–H and O–H groups in total. The Morgan fingerprint density at radius 3 is 3.15 bits per heavy atom. The summed E-state index contributed by atoms with van der Waals surface area (Å²) in [7, 11) is 0. The zero-order valence-electron chi connectivity index (χ0n) is 14.8. The van der Waals surface area contributed by atoms with Crippen molar-refractivity contribution in [2.75, 3.05) is 19.7 Å². The molecule has 2 aromatic rings. The van der Waals surface area contributed by atoms with Gasteiger partial charge in [-0.1, -0.05) is 17.3 Å². The van der Waals surface area contributed by atoms with Crippen LogP contribution in [0.5, 0.6) is 0 Å². The molecule has 0 aliphatic carbocycles. The highest BCUT2D eigenvalue weighted by molar-refractivity contribution is 5.80. The standard InChI is InChI=1S/C18H22FN5O3/c19-12-4-1-3-11(9-12)16-13(10-21-23-16)17(25)20-7-6-15-22-18(27-24-15)14-5-2-8-26-14/h1,3-4,9,13-14,16,21,23H,2,5-8,10H2,(H,20,25). The van der Waals surface area contributed by atoms with Crippen molar-refractivity contribution in [3.05, 3.63) is 47.4 Å². The Kier molecular flexibility index (Phi) is 5.42. The molecule has 4 rings (SSSR count). The second kappa shape index (κ2) is 8.12. The third-order valence-corrected chi connectivity index (χ3v) is 4.86. The summed E-state index contributed by atoms with van der Waals surface area (Å²) in [4.78, 5) is 16.9. The van der Waals surface area contributed by atoms with Crippen LogP contribution in [0.2, 0.25) is 0 Å². The average Bonchev–Trinajstić information content (AvgIpc) is 3.41. The molecule has 0 spiro atoms. The summed E-state index contributed by atoms with van der Waals surface area (Å²) < 4.78 is 24.2. The van der Waals surface area contributed by atoms with Crippen molar-refractivity contribution in [3.63, 3.8) is 0 Å². The van der Waals surface area contributed by atoms with Crippen molar-refractivity contribution in [2.24, 2.45) is 5.92 Å². The summed E-state index contributed by atoms with van der Waals surface area (Å²) in [5.74, 6) is 0.290. The number of aromatic nitrogens is 2. The minimum absolute atomic E-state index is 0.107. The van der Waals surface area contributed by atoms with Gasteiger partial charge in [-0.25, -0.2) is 9.82 Å². The highest BCUT2D eigenvalue weighted by Crippen LogP contribution is 2.27. The molecule has 2 aliphatic rings. The van der Waals surface area contributed by atoms with Gasteiger partial charge in [-0.3, -0.25) is 10.2 Å². The number of carbonyl (C=O) groups excluding carboxylic acids is 1. The lowest BCUT2D eigenvalue weighted by molar-refractivity contribution is -0.124. The van der Waals surface area contributed by atoms with E-state index in [1.165, 1.54) is 12.1 Å². The first-order chi connectivity index (χ1) is 13.2. The lowest BCUT2D eigenvalue weighted by Crippen LogP contribution is -2.36. The van der Waals surface area contributed by atoms with E-state index in [1.54, 1.807) is 12.1 Å². The van der Waals surface area contributed by atoms with Gasteiger partial charge < -0.3 is 14.6 Å². The number of benzene rings is 1. The number of nitrogens with zero attached hydrogens (tertiary/aromatic N) is 2. The summed E-state index contributed by atoms with van der Waals surface area (Å²) in [6, 6.07) is 5.99. The Morgan fingerprint density at radius 2 is 2.33 bits per heavy atom. The van der Waals surface area contributed by atoms with Gasteiger partial charge in [0.05, 0.1) is 12.0 Å². The normalized spacial score (nSPS) is 25.0. The topological polar surface area (TPSA) is 101 Å². The molecule has 0 radical (unpaired) electrons. The highest BCUT2D eigenvalue weighted by Gasteiger charge is 2.34. The molecule has 3 heterocycles. The summed E-state index contributed by atoms with van der Waals surface area (Å²) in [5.41, 5.74) is 6.76. The number of hydrogen-bond donors (Lipinski definition) is 3. The third kappa shape index (κ3) is 4.15. The number of rotatable bonds is 6. The monoisotopic (exact) mass is 375 g/mol. The molecule has 8 nitrogen and oxygen atoms in total. The fraction of sp³-hybridized carbons (Fsp3) is 0.500. The zero-order valence-corrected chi connectivity index (χ0v) is 14.8. The fourth-order valence-corrected chi connectivity index (χ4v) is 3.46. The van der Waals surface area contributed by atoms with Crippen LogP contribution in [0.15, 0.2) is 28.8 Å². The first-order valence-corrected chi connectivity index (χ1v) is 9.16. The van der Waals surface area contributed by atoms with E-state index in [1.807, 2.05) is 0 Å². The fourth-order valence-electron chi connectivity index (χ4n) is 3.46. The second-order valence-electron chi connectivity index (χ2n) is 6.76. The van der Waals surface area contributed by atoms with Crippen molar-refractivity contribution in [1.29, 1.82) is 0 Å². The van der Waals surface area contributed by atoms with Crippen molar-refractivity contribution in [1.82, 2.24) is 26.3 Å². The molecule has 9 heteroatoms. The van der Waals surface area contributed by atoms with E-state index in [2.05, 4.69) is 26.3 Å². The van der Waals surface area contributed by atoms with E-state index >= 15 is 0 Å². The molecule has 2 fully saturated rings. The van der Waals surface area contributed by atoms with Gasteiger partial charge in [-0.05, 0) is 30.5 Å². The Labute approximate surface area is 155 Å². The Bertz CT molecular complexity index is 793. The van der Waals surface area contributed by atoms with E-state index in [4.69, 9.17) is 9.26 Å². The van der Waals surface area contributed by atoms with Crippen LogP contribution in [0.4, 0.5) is 4.39 Å². The molecule has 144 valence electrons. The van der Waals surface area contributed by atoms with E-state index in [0.717, 1.165) is 18.4 Å². The van der Waals surface area contributed by atoms with Gasteiger partial charge in [0.2, 0.25) is 5.91 Å². The number of ether oxygens (including phenoxy) is 1. The van der Waals surface area contributed by atoms with Gasteiger partial charge >= 0.3 is 0 Å². The maximum Gasteiger partial charge on any atom is 0.255 e. The SMILES string of the molecule is O=C(NCCc1noc(C2CCCO2)n1)C1CNNC1c1cccc(F)c1. The van der Waals surface area contributed by atoms with Crippen LogP contribution < -0.4 is 16.2 Å². The Morgan fingerprint density at radius 1 is 1.41 bits per heavy atom. The smallest absolute Gasteiger partial charge is 0.255 e. The summed E-state index contributed by atoms with van der Waals surface area (Å²) >= 11 is 0. The average molecular weight is 375 g/mol. The minimum Gasteiger partial charge on any atom is -0.368 e. The van der Waals surface area contributed by atoms with Gasteiger partial charge in [-0.15, -0.1) is 0 Å². The highest BCUT2D eigenvalue weighted by atomic mass is 19.1. The van der Waals surface area contributed by atoms with Crippen molar-refractivity contribution in [2.45, 2.75) is 31.4 Å². The van der Waals surface area contributed by atoms with Crippen LogP contribution in [0.1, 0.15) is 42.3 Å². The van der Waals surface area contributed by atoms with Crippen LogP contribution in [-0.4, -0.2) is 35.7 Å². The summed E-state index contributed by atoms with van der Waals surface area (Å²) in [6.07, 6.45) is 2.25. The summed E-state index contributed by atoms with van der Waals surface area (Å²) in [5, 5.41) is 6.84. The predicted molar refractivity (Wildman–Crippen MR) is 92.7 cm³/mol. The zero-order chi connectivity index (χ0) is 18.6. The molecule has 2 aliphatic heterocycles. The number of hydrogen-bond acceptors (Lipinski definition) is 7. The van der Waals surface area contributed by atoms with E-state index < -0.39 is 0 Å². The molecule has 3 unspecified atom stereocenters. The lowest BCUT2D eigenvalue weighted by atomic mass is 9.94. The van der Waals surface area contributed by atoms with E-state index in [0.29, 0.717) is 37.8 Å². The Balaban J connectivity index is 1.30. The number of nitrogens with one attached hydrogen (secondary N) is 3. The molecule has 2 saturated heterocycles. The molecule has 3 atom stereocenters. The van der Waals surface area contributed by atoms with Crippen LogP contribution in [0, 0.1) is 11.7 Å². The van der Waals surface area contributed by atoms with Gasteiger partial charge in [-0.2, -0.15) is 4.98 Å². The third-order valence-electron chi connectivity index (χ3n) is 4.86. The van der Waals surface area contributed by atoms with Crippen molar-refractivity contribution >= 4 is 5.91 Å². The predicted octanol–water partition coefficient (Wildman–Crippen LogP) is 1.18. The quantitative estimate of drug-likeness (QED) is 0.697. The number of halogens is 1. The number of amides is 1.